The lowest BCUT2D eigenvalue weighted by molar-refractivity contribution is -0.132. The first-order valence-electron chi connectivity index (χ1n) is 12.6. The van der Waals surface area contributed by atoms with Crippen LogP contribution in [0.5, 0.6) is 23.0 Å². The topological polar surface area (TPSA) is 134 Å². The van der Waals surface area contributed by atoms with Crippen LogP contribution in [0, 0.1) is 13.8 Å². The van der Waals surface area contributed by atoms with Crippen LogP contribution < -0.4 is 23.8 Å². The van der Waals surface area contributed by atoms with Crippen LogP contribution in [0.25, 0.3) is 5.76 Å². The number of esters is 1. The summed E-state index contributed by atoms with van der Waals surface area (Å²) in [5.41, 5.74) is 1.42. The third-order valence-electron chi connectivity index (χ3n) is 6.64. The molecule has 0 aliphatic carbocycles. The molecule has 1 fully saturated rings. The molecule has 1 aliphatic heterocycles. The lowest BCUT2D eigenvalue weighted by Gasteiger charge is -2.24. The van der Waals surface area contributed by atoms with Crippen LogP contribution >= 0.6 is 11.3 Å². The Morgan fingerprint density at radius 2 is 1.71 bits per heavy atom. The number of nitrogens with zero attached hydrogens (tertiary/aromatic N) is 2. The summed E-state index contributed by atoms with van der Waals surface area (Å²) in [6, 6.07) is 6.92. The molecule has 1 aromatic heterocycles. The van der Waals surface area contributed by atoms with Crippen LogP contribution in [-0.4, -0.2) is 62.8 Å². The minimum atomic E-state index is -1.18. The molecule has 3 aromatic rings. The van der Waals surface area contributed by atoms with Gasteiger partial charge in [0.1, 0.15) is 23.0 Å². The summed E-state index contributed by atoms with van der Waals surface area (Å²) < 4.78 is 26.9. The second kappa shape index (κ2) is 12.4. The number of thiazole rings is 1. The standard InChI is InChI=1S/C30H30N2O9S/c1-8-11-41-29(36)27-16(3)31-30(42-27)32-23(17-13-20(38-5)26(40-7)21(14-17)39-6)22(25(34)28(32)35)24(33)19-10-9-18(37-4)12-15(19)2/h8-10,12-14,23,33H,1,11H2,2-7H3/t23-/m0/s1. The monoisotopic (exact) mass is 594 g/mol. The van der Waals surface area contributed by atoms with Gasteiger partial charge in [-0.25, -0.2) is 9.78 Å². The number of benzene rings is 2. The predicted molar refractivity (Wildman–Crippen MR) is 156 cm³/mol. The predicted octanol–water partition coefficient (Wildman–Crippen LogP) is 4.76. The van der Waals surface area contributed by atoms with Crippen LogP contribution in [0.3, 0.4) is 0 Å². The zero-order chi connectivity index (χ0) is 30.7. The summed E-state index contributed by atoms with van der Waals surface area (Å²) in [7, 11) is 5.83. The van der Waals surface area contributed by atoms with E-state index in [1.807, 2.05) is 0 Å². The van der Waals surface area contributed by atoms with Crippen molar-refractivity contribution in [3.8, 4) is 23.0 Å². The number of aromatic nitrogens is 1. The Morgan fingerprint density at radius 3 is 2.26 bits per heavy atom. The third-order valence-corrected chi connectivity index (χ3v) is 7.78. The summed E-state index contributed by atoms with van der Waals surface area (Å²) >= 11 is 0.890. The minimum Gasteiger partial charge on any atom is -0.507 e. The number of aryl methyl sites for hydroxylation is 2. The summed E-state index contributed by atoms with van der Waals surface area (Å²) in [5, 5.41) is 11.7. The van der Waals surface area contributed by atoms with Crippen molar-refractivity contribution in [3.05, 3.63) is 75.8 Å². The maximum Gasteiger partial charge on any atom is 0.350 e. The van der Waals surface area contributed by atoms with Gasteiger partial charge in [-0.05, 0) is 55.3 Å². The van der Waals surface area contributed by atoms with E-state index in [0.29, 0.717) is 33.9 Å². The second-order valence-electron chi connectivity index (χ2n) is 9.11. The smallest absolute Gasteiger partial charge is 0.350 e. The lowest BCUT2D eigenvalue weighted by atomic mass is 9.93. The number of ketones is 1. The zero-order valence-electron chi connectivity index (χ0n) is 24.0. The normalized spacial score (nSPS) is 15.9. The first-order chi connectivity index (χ1) is 20.1. The van der Waals surface area contributed by atoms with E-state index in [9.17, 15) is 19.5 Å². The molecule has 2 aromatic carbocycles. The average Bonchev–Trinajstić information content (AvgIpc) is 3.50. The lowest BCUT2D eigenvalue weighted by Crippen LogP contribution is -2.29. The molecule has 11 nitrogen and oxygen atoms in total. The van der Waals surface area contributed by atoms with E-state index in [1.54, 1.807) is 44.2 Å². The number of anilines is 1. The molecule has 4 rings (SSSR count). The van der Waals surface area contributed by atoms with Gasteiger partial charge < -0.3 is 28.8 Å². The van der Waals surface area contributed by atoms with E-state index in [1.165, 1.54) is 34.5 Å². The quantitative estimate of drug-likeness (QED) is 0.115. The van der Waals surface area contributed by atoms with Crippen molar-refractivity contribution >= 4 is 39.9 Å². The summed E-state index contributed by atoms with van der Waals surface area (Å²) in [5.74, 6) is -1.54. The highest BCUT2D eigenvalue weighted by molar-refractivity contribution is 7.17. The number of Topliss-reactive ketones (excluding diaryl/α,β-unsaturated/α-hetero) is 1. The number of rotatable bonds is 10. The Morgan fingerprint density at radius 1 is 1.05 bits per heavy atom. The van der Waals surface area contributed by atoms with Gasteiger partial charge in [-0.15, -0.1) is 0 Å². The molecule has 1 saturated heterocycles. The molecule has 220 valence electrons. The Labute approximate surface area is 246 Å². The Balaban J connectivity index is 1.99. The number of hydrogen-bond acceptors (Lipinski definition) is 11. The van der Waals surface area contributed by atoms with Gasteiger partial charge in [-0.2, -0.15) is 0 Å². The number of ether oxygens (including phenoxy) is 5. The van der Waals surface area contributed by atoms with Crippen LogP contribution in [0.15, 0.2) is 48.6 Å². The van der Waals surface area contributed by atoms with Gasteiger partial charge >= 0.3 is 11.9 Å². The van der Waals surface area contributed by atoms with E-state index >= 15 is 0 Å². The van der Waals surface area contributed by atoms with Crippen molar-refractivity contribution in [2.75, 3.05) is 39.9 Å². The van der Waals surface area contributed by atoms with E-state index < -0.39 is 29.5 Å². The largest absolute Gasteiger partial charge is 0.507 e. The Kier molecular flexibility index (Phi) is 8.86. The van der Waals surface area contributed by atoms with E-state index in [2.05, 4.69) is 11.6 Å². The van der Waals surface area contributed by atoms with Gasteiger partial charge in [0.2, 0.25) is 5.75 Å². The molecule has 1 aliphatic rings. The number of aliphatic hydroxyl groups is 1. The highest BCUT2D eigenvalue weighted by atomic mass is 32.1. The van der Waals surface area contributed by atoms with E-state index in [-0.39, 0.29) is 33.7 Å². The van der Waals surface area contributed by atoms with Gasteiger partial charge in [0.05, 0.1) is 45.7 Å². The Bertz CT molecular complexity index is 1580. The zero-order valence-corrected chi connectivity index (χ0v) is 24.8. The first kappa shape index (κ1) is 30.1. The van der Waals surface area contributed by atoms with E-state index in [4.69, 9.17) is 23.7 Å². The molecule has 2 heterocycles. The average molecular weight is 595 g/mol. The maximum atomic E-state index is 13.7. The fraction of sp³-hybridized carbons (Fsp3) is 0.267. The van der Waals surface area contributed by atoms with Gasteiger partial charge in [0.15, 0.2) is 16.6 Å². The van der Waals surface area contributed by atoms with Crippen molar-refractivity contribution in [1.29, 1.82) is 0 Å². The van der Waals surface area contributed by atoms with Gasteiger partial charge in [-0.3, -0.25) is 14.5 Å². The molecule has 42 heavy (non-hydrogen) atoms. The van der Waals surface area contributed by atoms with Gasteiger partial charge in [-0.1, -0.05) is 24.0 Å². The van der Waals surface area contributed by atoms with Crippen molar-refractivity contribution in [2.45, 2.75) is 19.9 Å². The summed E-state index contributed by atoms with van der Waals surface area (Å²) in [6.07, 6.45) is 1.43. The number of carbonyl (C=O) groups excluding carboxylic acids is 3. The fourth-order valence-electron chi connectivity index (χ4n) is 4.65. The van der Waals surface area contributed by atoms with Crippen LogP contribution in [0.1, 0.15) is 38.1 Å². The van der Waals surface area contributed by atoms with Crippen molar-refractivity contribution < 1.29 is 43.2 Å². The van der Waals surface area contributed by atoms with Crippen LogP contribution in [0.4, 0.5) is 5.13 Å². The van der Waals surface area contributed by atoms with Crippen molar-refractivity contribution in [3.63, 3.8) is 0 Å². The van der Waals surface area contributed by atoms with Crippen molar-refractivity contribution in [1.82, 2.24) is 4.98 Å². The van der Waals surface area contributed by atoms with E-state index in [0.717, 1.165) is 16.2 Å². The van der Waals surface area contributed by atoms with Gasteiger partial charge in [0.25, 0.3) is 5.78 Å². The molecular weight excluding hydrogens is 564 g/mol. The van der Waals surface area contributed by atoms with Gasteiger partial charge in [0, 0.05) is 5.56 Å². The SMILES string of the molecule is C=CCOC(=O)c1sc(N2C(=O)C(=O)C(=C(O)c3ccc(OC)cc3C)[C@@H]2c2cc(OC)c(OC)c(OC)c2)nc1C. The second-order valence-corrected chi connectivity index (χ2v) is 10.1. The fourth-order valence-corrected chi connectivity index (χ4v) is 5.64. The molecule has 0 spiro atoms. The molecule has 0 saturated carbocycles. The summed E-state index contributed by atoms with van der Waals surface area (Å²) in [4.78, 5) is 45.8. The molecule has 1 atom stereocenters. The third kappa shape index (κ3) is 5.28. The number of hydrogen-bond donors (Lipinski definition) is 1. The van der Waals surface area contributed by atoms with Crippen LogP contribution in [0.2, 0.25) is 0 Å². The highest BCUT2D eigenvalue weighted by Crippen LogP contribution is 2.48. The van der Waals surface area contributed by atoms with Crippen LogP contribution in [-0.2, 0) is 14.3 Å². The molecule has 0 radical (unpaired) electrons. The maximum absolute atomic E-state index is 13.7. The molecule has 0 unspecified atom stereocenters. The number of aliphatic hydroxyl groups excluding tert-OH is 1. The molecule has 1 amide bonds. The Hall–Kier alpha value is -4.84. The first-order valence-corrected chi connectivity index (χ1v) is 13.4. The summed E-state index contributed by atoms with van der Waals surface area (Å²) in [6.45, 7) is 6.87. The number of amides is 1. The van der Waals surface area contributed by atoms with Crippen molar-refractivity contribution in [2.24, 2.45) is 0 Å². The number of methoxy groups -OCH3 is 4. The number of carbonyl (C=O) groups is 3. The molecule has 1 N–H and O–H groups in total. The molecule has 12 heteroatoms. The minimum absolute atomic E-state index is 0.0112. The highest BCUT2D eigenvalue weighted by Gasteiger charge is 2.49. The molecular formula is C30H30N2O9S. The molecule has 0 bridgehead atoms.